The number of aryl methyl sites for hydroxylation is 2. The first-order chi connectivity index (χ1) is 7.29. The first-order valence-corrected chi connectivity index (χ1v) is 6.37. The van der Waals surface area contributed by atoms with E-state index >= 15 is 0 Å². The molecule has 0 nitrogen and oxygen atoms in total. The van der Waals surface area contributed by atoms with Gasteiger partial charge in [-0.1, -0.05) is 52.8 Å². The second-order valence-electron chi connectivity index (χ2n) is 3.59. The van der Waals surface area contributed by atoms with Gasteiger partial charge in [0.2, 0.25) is 0 Å². The van der Waals surface area contributed by atoms with Gasteiger partial charge in [0, 0.05) is 0 Å². The van der Waals surface area contributed by atoms with E-state index in [1.165, 1.54) is 18.4 Å². The summed E-state index contributed by atoms with van der Waals surface area (Å²) in [7, 11) is 0. The summed E-state index contributed by atoms with van der Waals surface area (Å²) < 4.78 is 0. The van der Waals surface area contributed by atoms with Gasteiger partial charge >= 0.3 is 0 Å². The van der Waals surface area contributed by atoms with Crippen molar-refractivity contribution in [2.45, 2.75) is 60.3 Å². The molecule has 0 aromatic heterocycles. The largest absolute Gasteiger partial charge is 0.0683 e. The highest BCUT2D eigenvalue weighted by atomic mass is 14.2. The Kier molecular flexibility index (Phi) is 7.11. The predicted molar refractivity (Wildman–Crippen MR) is 70.6 cm³/mol. The van der Waals surface area contributed by atoms with Crippen molar-refractivity contribution in [3.8, 4) is 0 Å². The molecule has 0 amide bonds. The van der Waals surface area contributed by atoms with Crippen molar-refractivity contribution < 1.29 is 0 Å². The summed E-state index contributed by atoms with van der Waals surface area (Å²) in [6, 6.07) is 6.67. The van der Waals surface area contributed by atoms with E-state index in [-0.39, 0.29) is 0 Å². The minimum absolute atomic E-state index is 0.797. The average Bonchev–Trinajstić information content (AvgIpc) is 2.68. The Labute approximate surface area is 95.7 Å². The molecule has 0 bridgehead atoms. The molecule has 1 atom stereocenters. The molecule has 0 N–H and O–H groups in total. The van der Waals surface area contributed by atoms with Gasteiger partial charge < -0.3 is 0 Å². The third-order valence-corrected chi connectivity index (χ3v) is 2.75. The van der Waals surface area contributed by atoms with Gasteiger partial charge in [-0.2, -0.15) is 0 Å². The van der Waals surface area contributed by atoms with Crippen LogP contribution in [0.1, 0.15) is 63.6 Å². The van der Waals surface area contributed by atoms with Crippen LogP contribution in [-0.4, -0.2) is 0 Å². The highest BCUT2D eigenvalue weighted by Gasteiger charge is 2.19. The molecule has 86 valence electrons. The standard InChI is InChI=1S/C11H14.2C2H6/c1-8-4-3-5-10-7-6-9(2)11(8)10;2*1-2/h3-5,9H,6-7H2,1-2H3;2*1-2H3. The van der Waals surface area contributed by atoms with Gasteiger partial charge in [0.1, 0.15) is 0 Å². The van der Waals surface area contributed by atoms with Crippen molar-refractivity contribution in [1.29, 1.82) is 0 Å². The van der Waals surface area contributed by atoms with Crippen LogP contribution in [0.4, 0.5) is 0 Å². The quantitative estimate of drug-likeness (QED) is 0.554. The second kappa shape index (κ2) is 7.50. The van der Waals surface area contributed by atoms with E-state index in [1.54, 1.807) is 11.1 Å². The average molecular weight is 206 g/mol. The van der Waals surface area contributed by atoms with E-state index in [9.17, 15) is 0 Å². The van der Waals surface area contributed by atoms with Crippen molar-refractivity contribution in [2.75, 3.05) is 0 Å². The summed E-state index contributed by atoms with van der Waals surface area (Å²) >= 11 is 0. The lowest BCUT2D eigenvalue weighted by Crippen LogP contribution is -1.89. The van der Waals surface area contributed by atoms with Crippen LogP contribution < -0.4 is 0 Å². The zero-order valence-electron chi connectivity index (χ0n) is 11.2. The summed E-state index contributed by atoms with van der Waals surface area (Å²) in [5.41, 5.74) is 4.68. The number of benzene rings is 1. The third-order valence-electron chi connectivity index (χ3n) is 2.75. The smallest absolute Gasteiger partial charge is 0.0182 e. The molecule has 0 spiro atoms. The van der Waals surface area contributed by atoms with Crippen LogP contribution in [0.25, 0.3) is 0 Å². The summed E-state index contributed by atoms with van der Waals surface area (Å²) in [4.78, 5) is 0. The minimum atomic E-state index is 0.797. The lowest BCUT2D eigenvalue weighted by molar-refractivity contribution is 0.744. The molecule has 1 unspecified atom stereocenters. The molecule has 2 rings (SSSR count). The minimum Gasteiger partial charge on any atom is -0.0683 e. The highest BCUT2D eigenvalue weighted by molar-refractivity contribution is 5.40. The first-order valence-electron chi connectivity index (χ1n) is 6.37. The molecule has 0 aliphatic heterocycles. The van der Waals surface area contributed by atoms with E-state index in [0.717, 1.165) is 5.92 Å². The van der Waals surface area contributed by atoms with Gasteiger partial charge in [-0.25, -0.2) is 0 Å². The molecule has 0 saturated carbocycles. The number of hydrogen-bond acceptors (Lipinski definition) is 0. The Morgan fingerprint density at radius 2 is 1.67 bits per heavy atom. The van der Waals surface area contributed by atoms with E-state index in [0.29, 0.717) is 0 Å². The molecule has 0 heterocycles. The predicted octanol–water partition coefficient (Wildman–Crippen LogP) is 5.10. The van der Waals surface area contributed by atoms with Crippen LogP contribution in [0.2, 0.25) is 0 Å². The van der Waals surface area contributed by atoms with Gasteiger partial charge in [-0.15, -0.1) is 0 Å². The van der Waals surface area contributed by atoms with Crippen LogP contribution in [0, 0.1) is 6.92 Å². The lowest BCUT2D eigenvalue weighted by Gasteiger charge is -2.07. The SMILES string of the molecule is CC.CC.Cc1cccc2c1C(C)CC2. The molecular weight excluding hydrogens is 180 g/mol. The maximum absolute atomic E-state index is 2.33. The van der Waals surface area contributed by atoms with Crippen LogP contribution in [0.15, 0.2) is 18.2 Å². The molecule has 0 heteroatoms. The Bertz CT molecular complexity index is 273. The zero-order chi connectivity index (χ0) is 11.8. The van der Waals surface area contributed by atoms with Gasteiger partial charge in [0.05, 0.1) is 0 Å². The summed E-state index contributed by atoms with van der Waals surface area (Å²) in [5.74, 6) is 0.797. The van der Waals surface area contributed by atoms with E-state index < -0.39 is 0 Å². The topological polar surface area (TPSA) is 0 Å². The monoisotopic (exact) mass is 206 g/mol. The van der Waals surface area contributed by atoms with Crippen LogP contribution in [0.3, 0.4) is 0 Å². The number of rotatable bonds is 0. The zero-order valence-corrected chi connectivity index (χ0v) is 11.2. The Morgan fingerprint density at radius 3 is 2.20 bits per heavy atom. The van der Waals surface area contributed by atoms with Gasteiger partial charge in [0.15, 0.2) is 0 Å². The van der Waals surface area contributed by atoms with E-state index in [1.807, 2.05) is 27.7 Å². The normalized spacial score (nSPS) is 16.8. The van der Waals surface area contributed by atoms with Gasteiger partial charge in [-0.3, -0.25) is 0 Å². The molecule has 1 aliphatic rings. The van der Waals surface area contributed by atoms with Crippen LogP contribution in [-0.2, 0) is 6.42 Å². The first kappa shape index (κ1) is 14.2. The fourth-order valence-electron chi connectivity index (χ4n) is 2.18. The molecule has 1 aliphatic carbocycles. The van der Waals surface area contributed by atoms with Crippen LogP contribution in [0.5, 0.6) is 0 Å². The molecule has 0 fully saturated rings. The maximum Gasteiger partial charge on any atom is -0.0182 e. The van der Waals surface area contributed by atoms with E-state index in [4.69, 9.17) is 0 Å². The Hall–Kier alpha value is -0.780. The van der Waals surface area contributed by atoms with Crippen molar-refractivity contribution >= 4 is 0 Å². The van der Waals surface area contributed by atoms with E-state index in [2.05, 4.69) is 32.0 Å². The van der Waals surface area contributed by atoms with Gasteiger partial charge in [0.25, 0.3) is 0 Å². The van der Waals surface area contributed by atoms with Gasteiger partial charge in [-0.05, 0) is 42.4 Å². The molecule has 1 aromatic carbocycles. The van der Waals surface area contributed by atoms with Crippen molar-refractivity contribution in [3.05, 3.63) is 34.9 Å². The number of hydrogen-bond donors (Lipinski definition) is 0. The lowest BCUT2D eigenvalue weighted by atomic mass is 9.98. The molecule has 0 radical (unpaired) electrons. The van der Waals surface area contributed by atoms with Crippen LogP contribution >= 0.6 is 0 Å². The molecule has 15 heavy (non-hydrogen) atoms. The molecular formula is C15H26. The second-order valence-corrected chi connectivity index (χ2v) is 3.59. The van der Waals surface area contributed by atoms with Crippen molar-refractivity contribution in [2.24, 2.45) is 0 Å². The Morgan fingerprint density at radius 1 is 1.07 bits per heavy atom. The molecule has 0 saturated heterocycles. The summed E-state index contributed by atoms with van der Waals surface area (Å²) in [6.45, 7) is 12.6. The number of fused-ring (bicyclic) bond motifs is 1. The van der Waals surface area contributed by atoms with Crippen molar-refractivity contribution in [1.82, 2.24) is 0 Å². The fraction of sp³-hybridized carbons (Fsp3) is 0.600. The summed E-state index contributed by atoms with van der Waals surface area (Å²) in [6.07, 6.45) is 2.64. The molecule has 1 aromatic rings. The summed E-state index contributed by atoms with van der Waals surface area (Å²) in [5, 5.41) is 0. The highest BCUT2D eigenvalue weighted by Crippen LogP contribution is 2.34. The van der Waals surface area contributed by atoms with Crippen molar-refractivity contribution in [3.63, 3.8) is 0 Å². The third kappa shape index (κ3) is 3.37. The fourth-order valence-corrected chi connectivity index (χ4v) is 2.18. The Balaban J connectivity index is 0.000000442. The maximum atomic E-state index is 2.33.